The van der Waals surface area contributed by atoms with Crippen molar-refractivity contribution >= 4 is 17.6 Å². The van der Waals surface area contributed by atoms with E-state index in [9.17, 15) is 9.59 Å². The van der Waals surface area contributed by atoms with Crippen LogP contribution >= 0.6 is 0 Å². The van der Waals surface area contributed by atoms with Gasteiger partial charge < -0.3 is 19.7 Å². The summed E-state index contributed by atoms with van der Waals surface area (Å²) >= 11 is 0. The lowest BCUT2D eigenvalue weighted by molar-refractivity contribution is 0.0991. The molecule has 0 bridgehead atoms. The van der Waals surface area contributed by atoms with Crippen molar-refractivity contribution in [2.24, 2.45) is 0 Å². The summed E-state index contributed by atoms with van der Waals surface area (Å²) in [5.41, 5.74) is 1.79. The van der Waals surface area contributed by atoms with Crippen molar-refractivity contribution in [2.75, 3.05) is 25.1 Å². The summed E-state index contributed by atoms with van der Waals surface area (Å²) in [6, 6.07) is 13.6. The molecule has 0 heterocycles. The fraction of sp³-hybridized carbons (Fsp3) is 0.333. The van der Waals surface area contributed by atoms with Crippen molar-refractivity contribution in [3.8, 4) is 5.75 Å². The number of anilines is 1. The van der Waals surface area contributed by atoms with Gasteiger partial charge in [0.15, 0.2) is 5.78 Å². The van der Waals surface area contributed by atoms with Gasteiger partial charge in [0, 0.05) is 17.9 Å². The van der Waals surface area contributed by atoms with E-state index in [2.05, 4.69) is 5.32 Å². The highest BCUT2D eigenvalue weighted by Crippen LogP contribution is 2.27. The predicted molar refractivity (Wildman–Crippen MR) is 105 cm³/mol. The second-order valence-corrected chi connectivity index (χ2v) is 6.16. The molecule has 28 heavy (non-hydrogen) atoms. The number of ether oxygens (including phenoxy) is 2. The first kappa shape index (κ1) is 21.4. The maximum atomic E-state index is 12.3. The van der Waals surface area contributed by atoms with Crippen molar-refractivity contribution in [1.29, 1.82) is 0 Å². The van der Waals surface area contributed by atoms with E-state index in [4.69, 9.17) is 19.7 Å². The molecule has 1 amide bonds. The van der Waals surface area contributed by atoms with Gasteiger partial charge in [-0.15, -0.1) is 0 Å². The van der Waals surface area contributed by atoms with Crippen LogP contribution in [0.15, 0.2) is 48.5 Å². The lowest BCUT2D eigenvalue weighted by atomic mass is 10.0. The van der Waals surface area contributed by atoms with Gasteiger partial charge in [-0.05, 0) is 61.7 Å². The Hall–Kier alpha value is -2.90. The smallest absolute Gasteiger partial charge is 0.412 e. The molecule has 0 saturated heterocycles. The van der Waals surface area contributed by atoms with E-state index >= 15 is 0 Å². The Morgan fingerprint density at radius 1 is 1.07 bits per heavy atom. The first-order valence-corrected chi connectivity index (χ1v) is 9.06. The molecule has 7 nitrogen and oxygen atoms in total. The van der Waals surface area contributed by atoms with Crippen LogP contribution in [0, 0.1) is 0 Å². The van der Waals surface area contributed by atoms with Crippen LogP contribution in [0.25, 0.3) is 0 Å². The third kappa shape index (κ3) is 6.68. The van der Waals surface area contributed by atoms with E-state index in [0.717, 1.165) is 5.56 Å². The molecule has 0 fully saturated rings. The number of nitrogens with one attached hydrogen (secondary N) is 1. The molecule has 0 radical (unpaired) electrons. The number of aliphatic hydroxyl groups excluding tert-OH is 2. The molecular formula is C21H25NO6. The molecule has 2 aromatic carbocycles. The molecule has 7 heteroatoms. The van der Waals surface area contributed by atoms with E-state index in [1.165, 1.54) is 6.92 Å². The Morgan fingerprint density at radius 3 is 2.46 bits per heavy atom. The minimum absolute atomic E-state index is 0.0192. The van der Waals surface area contributed by atoms with Crippen molar-refractivity contribution in [3.05, 3.63) is 59.7 Å². The zero-order valence-corrected chi connectivity index (χ0v) is 15.8. The van der Waals surface area contributed by atoms with Crippen molar-refractivity contribution in [3.63, 3.8) is 0 Å². The van der Waals surface area contributed by atoms with E-state index in [1.54, 1.807) is 42.5 Å². The van der Waals surface area contributed by atoms with Gasteiger partial charge in [-0.25, -0.2) is 4.79 Å². The van der Waals surface area contributed by atoms with Crippen LogP contribution in [0.2, 0.25) is 0 Å². The summed E-state index contributed by atoms with van der Waals surface area (Å²) in [6.07, 6.45) is -0.301. The van der Waals surface area contributed by atoms with Gasteiger partial charge in [0.25, 0.3) is 0 Å². The van der Waals surface area contributed by atoms with Gasteiger partial charge in [0.2, 0.25) is 0 Å². The monoisotopic (exact) mass is 387 g/mol. The molecule has 0 aliphatic rings. The average Bonchev–Trinajstić information content (AvgIpc) is 2.70. The highest BCUT2D eigenvalue weighted by Gasteiger charge is 2.17. The first-order chi connectivity index (χ1) is 13.5. The van der Waals surface area contributed by atoms with E-state index < -0.39 is 12.2 Å². The normalized spacial score (nSPS) is 11.5. The standard InChI is InChI=1S/C21H25NO6/c1-15(25)16-7-9-18(10-8-16)22-21(26)28-20(6-3-11-23)17-4-2-5-19(14-17)27-13-12-24/h2,4-5,7-10,14,20,23-24H,3,6,11-13H2,1H3,(H,22,26)/t20-/m1/s1. The average molecular weight is 387 g/mol. The van der Waals surface area contributed by atoms with Crippen LogP contribution in [-0.4, -0.2) is 41.9 Å². The zero-order valence-electron chi connectivity index (χ0n) is 15.8. The number of Topliss-reactive ketones (excluding diaryl/α,β-unsaturated/α-hetero) is 1. The molecule has 0 spiro atoms. The number of rotatable bonds is 10. The number of carbonyl (C=O) groups is 2. The number of ketones is 1. The molecule has 0 saturated carbocycles. The first-order valence-electron chi connectivity index (χ1n) is 9.06. The number of amides is 1. The van der Waals surface area contributed by atoms with Crippen LogP contribution < -0.4 is 10.1 Å². The van der Waals surface area contributed by atoms with Gasteiger partial charge in [-0.3, -0.25) is 10.1 Å². The SMILES string of the molecule is CC(=O)c1ccc(NC(=O)O[C@H](CCCO)c2cccc(OCCO)c2)cc1. The maximum absolute atomic E-state index is 12.3. The second-order valence-electron chi connectivity index (χ2n) is 6.16. The third-order valence-corrected chi connectivity index (χ3v) is 4.00. The summed E-state index contributed by atoms with van der Waals surface area (Å²) in [5.74, 6) is 0.505. The number of carbonyl (C=O) groups excluding carboxylic acids is 2. The Balaban J connectivity index is 2.06. The number of aliphatic hydroxyl groups is 2. The molecular weight excluding hydrogens is 362 g/mol. The summed E-state index contributed by atoms with van der Waals surface area (Å²) in [4.78, 5) is 23.6. The zero-order chi connectivity index (χ0) is 20.4. The minimum Gasteiger partial charge on any atom is -0.491 e. The lowest BCUT2D eigenvalue weighted by Gasteiger charge is -2.19. The Morgan fingerprint density at radius 2 is 1.82 bits per heavy atom. The van der Waals surface area contributed by atoms with E-state index in [0.29, 0.717) is 29.8 Å². The second kappa shape index (κ2) is 11.1. The van der Waals surface area contributed by atoms with Crippen LogP contribution in [-0.2, 0) is 4.74 Å². The lowest BCUT2D eigenvalue weighted by Crippen LogP contribution is -2.18. The number of hydrogen-bond acceptors (Lipinski definition) is 6. The third-order valence-electron chi connectivity index (χ3n) is 4.00. The molecule has 0 aliphatic heterocycles. The molecule has 150 valence electrons. The topological polar surface area (TPSA) is 105 Å². The van der Waals surface area contributed by atoms with Crippen LogP contribution in [0.1, 0.15) is 41.8 Å². The number of benzene rings is 2. The highest BCUT2D eigenvalue weighted by molar-refractivity contribution is 5.94. The van der Waals surface area contributed by atoms with Crippen molar-refractivity contribution in [2.45, 2.75) is 25.9 Å². The maximum Gasteiger partial charge on any atom is 0.412 e. The Bertz CT molecular complexity index is 775. The molecule has 2 aromatic rings. The van der Waals surface area contributed by atoms with Gasteiger partial charge >= 0.3 is 6.09 Å². The Labute approximate surface area is 163 Å². The molecule has 0 aliphatic carbocycles. The summed E-state index contributed by atoms with van der Waals surface area (Å²) in [5, 5.41) is 20.7. The van der Waals surface area contributed by atoms with Crippen LogP contribution in [0.5, 0.6) is 5.75 Å². The molecule has 0 unspecified atom stereocenters. The van der Waals surface area contributed by atoms with Gasteiger partial charge in [-0.2, -0.15) is 0 Å². The minimum atomic E-state index is -0.639. The molecule has 3 N–H and O–H groups in total. The van der Waals surface area contributed by atoms with E-state index in [-0.39, 0.29) is 25.6 Å². The van der Waals surface area contributed by atoms with Gasteiger partial charge in [0.1, 0.15) is 18.5 Å². The predicted octanol–water partition coefficient (Wildman–Crippen LogP) is 3.32. The summed E-state index contributed by atoms with van der Waals surface area (Å²) in [6.45, 7) is 1.53. The van der Waals surface area contributed by atoms with E-state index in [1.807, 2.05) is 6.07 Å². The fourth-order valence-corrected chi connectivity index (χ4v) is 2.60. The van der Waals surface area contributed by atoms with Crippen molar-refractivity contribution in [1.82, 2.24) is 0 Å². The van der Waals surface area contributed by atoms with Crippen LogP contribution in [0.3, 0.4) is 0 Å². The van der Waals surface area contributed by atoms with Crippen molar-refractivity contribution < 1.29 is 29.3 Å². The van der Waals surface area contributed by atoms with Gasteiger partial charge in [0.05, 0.1) is 6.61 Å². The molecule has 0 aromatic heterocycles. The number of hydrogen-bond donors (Lipinski definition) is 3. The molecule has 1 atom stereocenters. The largest absolute Gasteiger partial charge is 0.491 e. The summed E-state index contributed by atoms with van der Waals surface area (Å²) in [7, 11) is 0. The fourth-order valence-electron chi connectivity index (χ4n) is 2.60. The quantitative estimate of drug-likeness (QED) is 0.540. The summed E-state index contributed by atoms with van der Waals surface area (Å²) < 4.78 is 10.9. The Kier molecular flexibility index (Phi) is 8.45. The molecule has 2 rings (SSSR count). The van der Waals surface area contributed by atoms with Gasteiger partial charge in [-0.1, -0.05) is 12.1 Å². The van der Waals surface area contributed by atoms with Crippen LogP contribution in [0.4, 0.5) is 10.5 Å². The highest BCUT2D eigenvalue weighted by atomic mass is 16.6.